The molecule has 0 aliphatic carbocycles. The Balaban J connectivity index is 1.78. The Morgan fingerprint density at radius 3 is 2.53 bits per heavy atom. The highest BCUT2D eigenvalue weighted by molar-refractivity contribution is 7.92. The standard InChI is InChI=1S/C24H28FNO5S/c1-14(2)32(29,30)19-8-7-16(13-15(19)3)21(27)20-22(28)17-5-4-6-18(25)23(17)31-24(20)9-11-26-12-10-24/h4-8,13-14,20,22,26,28H,9-12H2,1-3H3. The van der Waals surface area contributed by atoms with E-state index in [9.17, 15) is 22.7 Å². The largest absolute Gasteiger partial charge is 0.483 e. The molecule has 1 fully saturated rings. The van der Waals surface area contributed by atoms with Gasteiger partial charge in [0, 0.05) is 24.0 Å². The van der Waals surface area contributed by atoms with Gasteiger partial charge in [-0.1, -0.05) is 18.2 Å². The number of fused-ring (bicyclic) bond motifs is 1. The van der Waals surface area contributed by atoms with Crippen LogP contribution in [-0.4, -0.2) is 43.2 Å². The molecule has 2 aliphatic heterocycles. The molecule has 172 valence electrons. The Morgan fingerprint density at radius 2 is 1.91 bits per heavy atom. The van der Waals surface area contributed by atoms with Gasteiger partial charge in [0.2, 0.25) is 0 Å². The second kappa shape index (κ2) is 8.24. The van der Waals surface area contributed by atoms with E-state index in [-0.39, 0.29) is 22.0 Å². The summed E-state index contributed by atoms with van der Waals surface area (Å²) in [5, 5.41) is 13.9. The number of carbonyl (C=O) groups is 1. The third-order valence-electron chi connectivity index (χ3n) is 6.62. The van der Waals surface area contributed by atoms with Crippen LogP contribution in [0.15, 0.2) is 41.3 Å². The molecular formula is C24H28FNO5S. The maximum absolute atomic E-state index is 14.5. The van der Waals surface area contributed by atoms with E-state index in [2.05, 4.69) is 5.32 Å². The maximum atomic E-state index is 14.5. The van der Waals surface area contributed by atoms with Crippen molar-refractivity contribution in [2.24, 2.45) is 5.92 Å². The van der Waals surface area contributed by atoms with Gasteiger partial charge in [-0.3, -0.25) is 4.79 Å². The van der Waals surface area contributed by atoms with Gasteiger partial charge in [0.1, 0.15) is 5.60 Å². The molecular weight excluding hydrogens is 433 g/mol. The number of Topliss-reactive ketones (excluding diaryl/α,β-unsaturated/α-hetero) is 1. The molecule has 2 heterocycles. The van der Waals surface area contributed by atoms with E-state index in [4.69, 9.17) is 4.74 Å². The van der Waals surface area contributed by atoms with Crippen LogP contribution in [0.25, 0.3) is 0 Å². The summed E-state index contributed by atoms with van der Waals surface area (Å²) in [4.78, 5) is 13.9. The lowest BCUT2D eigenvalue weighted by atomic mass is 9.69. The van der Waals surface area contributed by atoms with Gasteiger partial charge in [-0.05, 0) is 57.6 Å². The molecule has 1 spiro atoms. The second-order valence-electron chi connectivity index (χ2n) is 8.94. The topological polar surface area (TPSA) is 92.7 Å². The van der Waals surface area contributed by atoms with Crippen LogP contribution in [-0.2, 0) is 9.84 Å². The van der Waals surface area contributed by atoms with Gasteiger partial charge < -0.3 is 15.2 Å². The first-order valence-corrected chi connectivity index (χ1v) is 12.4. The third-order valence-corrected chi connectivity index (χ3v) is 8.94. The molecule has 2 aromatic rings. The Morgan fingerprint density at radius 1 is 1.22 bits per heavy atom. The van der Waals surface area contributed by atoms with Gasteiger partial charge in [-0.25, -0.2) is 12.8 Å². The number of aryl methyl sites for hydroxylation is 1. The van der Waals surface area contributed by atoms with Crippen LogP contribution >= 0.6 is 0 Å². The van der Waals surface area contributed by atoms with Gasteiger partial charge in [0.25, 0.3) is 0 Å². The number of carbonyl (C=O) groups excluding carboxylic acids is 1. The Hall–Kier alpha value is -2.29. The van der Waals surface area contributed by atoms with Crippen molar-refractivity contribution in [3.63, 3.8) is 0 Å². The number of hydrogen-bond acceptors (Lipinski definition) is 6. The minimum atomic E-state index is -3.49. The molecule has 0 amide bonds. The molecule has 2 N–H and O–H groups in total. The molecule has 8 heteroatoms. The molecule has 2 aliphatic rings. The molecule has 0 aromatic heterocycles. The number of para-hydroxylation sites is 1. The van der Waals surface area contributed by atoms with Crippen LogP contribution in [0.3, 0.4) is 0 Å². The van der Waals surface area contributed by atoms with Crippen molar-refractivity contribution in [3.8, 4) is 5.75 Å². The SMILES string of the molecule is Cc1cc(C(=O)C2C(O)c3cccc(F)c3OC23CCNCC3)ccc1S(=O)(=O)C(C)C. The number of rotatable bonds is 4. The predicted octanol–water partition coefficient (Wildman–Crippen LogP) is 3.36. The van der Waals surface area contributed by atoms with Crippen molar-refractivity contribution < 1.29 is 27.4 Å². The summed E-state index contributed by atoms with van der Waals surface area (Å²) < 4.78 is 45.9. The fourth-order valence-electron chi connectivity index (χ4n) is 4.80. The highest BCUT2D eigenvalue weighted by atomic mass is 32.2. The molecule has 6 nitrogen and oxygen atoms in total. The van der Waals surface area contributed by atoms with Crippen LogP contribution in [0, 0.1) is 18.7 Å². The molecule has 2 aromatic carbocycles. The minimum Gasteiger partial charge on any atom is -0.483 e. The third kappa shape index (κ3) is 3.64. The van der Waals surface area contributed by atoms with Crippen LogP contribution in [0.1, 0.15) is 54.3 Å². The average Bonchev–Trinajstić information content (AvgIpc) is 2.75. The van der Waals surface area contributed by atoms with Crippen LogP contribution < -0.4 is 10.1 Å². The Labute approximate surface area is 187 Å². The van der Waals surface area contributed by atoms with E-state index >= 15 is 0 Å². The van der Waals surface area contributed by atoms with Gasteiger partial charge in [0.05, 0.1) is 22.2 Å². The van der Waals surface area contributed by atoms with Crippen LogP contribution in [0.2, 0.25) is 0 Å². The van der Waals surface area contributed by atoms with E-state index in [1.54, 1.807) is 32.9 Å². The number of hydrogen-bond donors (Lipinski definition) is 2. The molecule has 2 atom stereocenters. The fraction of sp³-hybridized carbons (Fsp3) is 0.458. The second-order valence-corrected chi connectivity index (χ2v) is 11.4. The normalized spacial score (nSPS) is 22.4. The Bertz CT molecular complexity index is 1150. The van der Waals surface area contributed by atoms with Gasteiger partial charge >= 0.3 is 0 Å². The van der Waals surface area contributed by atoms with Crippen molar-refractivity contribution in [2.75, 3.05) is 13.1 Å². The van der Waals surface area contributed by atoms with Gasteiger partial charge in [-0.15, -0.1) is 0 Å². The van der Waals surface area contributed by atoms with Crippen molar-refractivity contribution >= 4 is 15.6 Å². The molecule has 4 rings (SSSR count). The summed E-state index contributed by atoms with van der Waals surface area (Å²) in [6, 6.07) is 8.84. The van der Waals surface area contributed by atoms with Crippen molar-refractivity contribution in [1.82, 2.24) is 5.32 Å². The summed E-state index contributed by atoms with van der Waals surface area (Å²) in [7, 11) is -3.49. The molecule has 0 bridgehead atoms. The number of benzene rings is 2. The zero-order chi connectivity index (χ0) is 23.3. The summed E-state index contributed by atoms with van der Waals surface area (Å²) >= 11 is 0. The smallest absolute Gasteiger partial charge is 0.180 e. The number of aliphatic hydroxyl groups is 1. The lowest BCUT2D eigenvalue weighted by molar-refractivity contribution is -0.0781. The number of halogens is 1. The average molecular weight is 462 g/mol. The first-order chi connectivity index (χ1) is 15.1. The quantitative estimate of drug-likeness (QED) is 0.679. The van der Waals surface area contributed by atoms with E-state index in [1.807, 2.05) is 0 Å². The lowest BCUT2D eigenvalue weighted by Crippen LogP contribution is -2.57. The summed E-state index contributed by atoms with van der Waals surface area (Å²) in [5.41, 5.74) is -0.0199. The number of aliphatic hydroxyl groups excluding tert-OH is 1. The molecule has 2 unspecified atom stereocenters. The van der Waals surface area contributed by atoms with E-state index in [1.165, 1.54) is 24.3 Å². The van der Waals surface area contributed by atoms with E-state index in [0.717, 1.165) is 0 Å². The lowest BCUT2D eigenvalue weighted by Gasteiger charge is -2.48. The van der Waals surface area contributed by atoms with Crippen LogP contribution in [0.4, 0.5) is 4.39 Å². The van der Waals surface area contributed by atoms with E-state index in [0.29, 0.717) is 37.1 Å². The molecule has 1 saturated heterocycles. The van der Waals surface area contributed by atoms with Gasteiger partial charge in [0.15, 0.2) is 27.2 Å². The van der Waals surface area contributed by atoms with Crippen molar-refractivity contribution in [2.45, 2.75) is 55.5 Å². The highest BCUT2D eigenvalue weighted by Crippen LogP contribution is 2.49. The molecule has 32 heavy (non-hydrogen) atoms. The number of nitrogens with one attached hydrogen (secondary N) is 1. The predicted molar refractivity (Wildman–Crippen MR) is 118 cm³/mol. The Kier molecular flexibility index (Phi) is 5.90. The zero-order valence-corrected chi connectivity index (χ0v) is 19.2. The number of ether oxygens (including phenoxy) is 1. The summed E-state index contributed by atoms with van der Waals surface area (Å²) in [6.45, 7) is 6.03. The van der Waals surface area contributed by atoms with Gasteiger partial charge in [-0.2, -0.15) is 0 Å². The maximum Gasteiger partial charge on any atom is 0.180 e. The summed E-state index contributed by atoms with van der Waals surface area (Å²) in [6.07, 6.45) is -0.362. The first-order valence-electron chi connectivity index (χ1n) is 10.8. The fourth-order valence-corrected chi connectivity index (χ4v) is 6.07. The number of sulfone groups is 1. The monoisotopic (exact) mass is 461 g/mol. The van der Waals surface area contributed by atoms with Crippen LogP contribution in [0.5, 0.6) is 5.75 Å². The number of piperidine rings is 1. The van der Waals surface area contributed by atoms with E-state index < -0.39 is 38.5 Å². The van der Waals surface area contributed by atoms with Crippen molar-refractivity contribution in [3.05, 3.63) is 58.9 Å². The molecule has 0 radical (unpaired) electrons. The van der Waals surface area contributed by atoms with Crippen molar-refractivity contribution in [1.29, 1.82) is 0 Å². The summed E-state index contributed by atoms with van der Waals surface area (Å²) in [5.74, 6) is -1.85. The first kappa shape index (κ1) is 22.9. The highest BCUT2D eigenvalue weighted by Gasteiger charge is 2.54. The molecule has 0 saturated carbocycles. The zero-order valence-electron chi connectivity index (χ0n) is 18.4. The minimum absolute atomic E-state index is 0.000468. The number of ketones is 1.